The van der Waals surface area contributed by atoms with Crippen molar-refractivity contribution in [2.75, 3.05) is 11.9 Å². The zero-order valence-electron chi connectivity index (χ0n) is 8.17. The number of carbonyl (C=O) groups is 1. The van der Waals surface area contributed by atoms with Crippen LogP contribution >= 0.6 is 11.3 Å². The molecule has 0 aliphatic heterocycles. The van der Waals surface area contributed by atoms with E-state index in [1.54, 1.807) is 0 Å². The van der Waals surface area contributed by atoms with Crippen molar-refractivity contribution in [3.05, 3.63) is 10.6 Å². The number of alkyl halides is 2. The first-order valence-corrected chi connectivity index (χ1v) is 4.93. The summed E-state index contributed by atoms with van der Waals surface area (Å²) in [4.78, 5) is 14.5. The first-order chi connectivity index (χ1) is 6.79. The summed E-state index contributed by atoms with van der Waals surface area (Å²) in [6.07, 6.45) is 0. The highest BCUT2D eigenvalue weighted by molar-refractivity contribution is 7.17. The normalized spacial score (nSPS) is 11.5. The van der Waals surface area contributed by atoms with E-state index in [0.717, 1.165) is 18.3 Å². The lowest BCUT2D eigenvalue weighted by Gasteiger charge is -2.09. The minimum absolute atomic E-state index is 0.0666. The summed E-state index contributed by atoms with van der Waals surface area (Å²) in [7, 11) is 0. The van der Waals surface area contributed by atoms with Gasteiger partial charge in [0.15, 0.2) is 5.13 Å². The van der Waals surface area contributed by atoms with E-state index in [-0.39, 0.29) is 10.0 Å². The Bertz CT molecular complexity index is 373. The molecule has 0 radical (unpaired) electrons. The summed E-state index contributed by atoms with van der Waals surface area (Å²) in [6, 6.07) is 0. The SMILES string of the molecule is Cc1nc(NCC(C)(F)F)sc1C(=O)O. The highest BCUT2D eigenvalue weighted by Gasteiger charge is 2.22. The van der Waals surface area contributed by atoms with Crippen molar-refractivity contribution in [1.82, 2.24) is 4.98 Å². The number of thiazole rings is 1. The third-order valence-electron chi connectivity index (χ3n) is 1.54. The maximum absolute atomic E-state index is 12.5. The lowest BCUT2D eigenvalue weighted by atomic mass is 10.4. The van der Waals surface area contributed by atoms with Gasteiger partial charge in [0.1, 0.15) is 4.88 Å². The minimum Gasteiger partial charge on any atom is -0.477 e. The quantitative estimate of drug-likeness (QED) is 0.841. The van der Waals surface area contributed by atoms with Crippen LogP contribution in [-0.2, 0) is 0 Å². The number of halogens is 2. The van der Waals surface area contributed by atoms with Crippen LogP contribution in [0.4, 0.5) is 13.9 Å². The van der Waals surface area contributed by atoms with Crippen LogP contribution in [0.15, 0.2) is 0 Å². The Kier molecular flexibility index (Phi) is 3.23. The van der Waals surface area contributed by atoms with Crippen molar-refractivity contribution in [3.8, 4) is 0 Å². The third kappa shape index (κ3) is 3.43. The zero-order chi connectivity index (χ0) is 11.6. The van der Waals surface area contributed by atoms with Gasteiger partial charge in [-0.05, 0) is 6.92 Å². The molecule has 2 N–H and O–H groups in total. The first-order valence-electron chi connectivity index (χ1n) is 4.12. The van der Waals surface area contributed by atoms with Crippen molar-refractivity contribution in [1.29, 1.82) is 0 Å². The number of nitrogens with one attached hydrogen (secondary N) is 1. The first kappa shape index (κ1) is 11.8. The smallest absolute Gasteiger partial charge is 0.347 e. The molecule has 1 aromatic heterocycles. The van der Waals surface area contributed by atoms with Gasteiger partial charge in [0.2, 0.25) is 0 Å². The topological polar surface area (TPSA) is 62.2 Å². The van der Waals surface area contributed by atoms with Gasteiger partial charge in [0, 0.05) is 6.92 Å². The fraction of sp³-hybridized carbons (Fsp3) is 0.500. The second-order valence-corrected chi connectivity index (χ2v) is 4.16. The summed E-state index contributed by atoms with van der Waals surface area (Å²) in [6.45, 7) is 1.74. The Hall–Kier alpha value is -1.24. The lowest BCUT2D eigenvalue weighted by Crippen LogP contribution is -2.22. The largest absolute Gasteiger partial charge is 0.477 e. The molecular formula is C8H10F2N2O2S. The van der Waals surface area contributed by atoms with Crippen molar-refractivity contribution in [3.63, 3.8) is 0 Å². The van der Waals surface area contributed by atoms with Crippen LogP contribution in [0.5, 0.6) is 0 Å². The minimum atomic E-state index is -2.84. The Labute approximate surface area is 89.0 Å². The van der Waals surface area contributed by atoms with E-state index in [9.17, 15) is 13.6 Å². The molecule has 0 unspecified atom stereocenters. The van der Waals surface area contributed by atoms with E-state index >= 15 is 0 Å². The standard InChI is InChI=1S/C8H10F2N2O2S/c1-4-5(6(13)14)15-7(12-4)11-3-8(2,9)10/h3H2,1-2H3,(H,11,12)(H,13,14). The van der Waals surface area contributed by atoms with Crippen LogP contribution in [0.3, 0.4) is 0 Å². The molecule has 0 spiro atoms. The molecule has 4 nitrogen and oxygen atoms in total. The van der Waals surface area contributed by atoms with Gasteiger partial charge in [0.05, 0.1) is 12.2 Å². The number of aromatic nitrogens is 1. The molecule has 0 aromatic carbocycles. The van der Waals surface area contributed by atoms with E-state index in [1.807, 2.05) is 0 Å². The molecule has 15 heavy (non-hydrogen) atoms. The van der Waals surface area contributed by atoms with Crippen molar-refractivity contribution in [2.45, 2.75) is 19.8 Å². The predicted molar refractivity (Wildman–Crippen MR) is 52.9 cm³/mol. The number of carboxylic acid groups (broad SMARTS) is 1. The van der Waals surface area contributed by atoms with E-state index < -0.39 is 18.4 Å². The molecule has 0 aliphatic carbocycles. The van der Waals surface area contributed by atoms with E-state index in [0.29, 0.717) is 5.69 Å². The average Bonchev–Trinajstić information content (AvgIpc) is 2.42. The molecule has 0 atom stereocenters. The molecule has 84 valence electrons. The Morgan fingerprint density at radius 1 is 1.67 bits per heavy atom. The molecule has 0 saturated heterocycles. The number of aromatic carboxylic acids is 1. The highest BCUT2D eigenvalue weighted by Crippen LogP contribution is 2.23. The highest BCUT2D eigenvalue weighted by atomic mass is 32.1. The monoisotopic (exact) mass is 236 g/mol. The average molecular weight is 236 g/mol. The van der Waals surface area contributed by atoms with E-state index in [2.05, 4.69) is 10.3 Å². The fourth-order valence-electron chi connectivity index (χ4n) is 0.901. The number of rotatable bonds is 4. The van der Waals surface area contributed by atoms with Crippen LogP contribution in [0.2, 0.25) is 0 Å². The molecule has 7 heteroatoms. The third-order valence-corrected chi connectivity index (χ3v) is 2.64. The predicted octanol–water partition coefficient (Wildman–Crippen LogP) is 2.22. The number of anilines is 1. The molecule has 0 aliphatic rings. The Balaban J connectivity index is 2.72. The van der Waals surface area contributed by atoms with Gasteiger partial charge < -0.3 is 10.4 Å². The summed E-state index contributed by atoms with van der Waals surface area (Å²) in [5.74, 6) is -3.94. The van der Waals surface area contributed by atoms with E-state index in [4.69, 9.17) is 5.11 Å². The molecule has 1 heterocycles. The lowest BCUT2D eigenvalue weighted by molar-refractivity contribution is 0.0367. The number of nitrogens with zero attached hydrogens (tertiary/aromatic N) is 1. The molecule has 1 aromatic rings. The molecule has 0 bridgehead atoms. The van der Waals surface area contributed by atoms with Crippen LogP contribution in [0, 0.1) is 6.92 Å². The maximum atomic E-state index is 12.5. The second kappa shape index (κ2) is 4.09. The van der Waals surface area contributed by atoms with Crippen LogP contribution < -0.4 is 5.32 Å². The van der Waals surface area contributed by atoms with Crippen LogP contribution in [-0.4, -0.2) is 28.5 Å². The Morgan fingerprint density at radius 2 is 2.27 bits per heavy atom. The van der Waals surface area contributed by atoms with Crippen molar-refractivity contribution in [2.24, 2.45) is 0 Å². The number of hydrogen-bond donors (Lipinski definition) is 2. The van der Waals surface area contributed by atoms with Gasteiger partial charge in [-0.1, -0.05) is 11.3 Å². The van der Waals surface area contributed by atoms with Gasteiger partial charge in [-0.25, -0.2) is 18.6 Å². The molecule has 0 saturated carbocycles. The molecule has 0 amide bonds. The van der Waals surface area contributed by atoms with Gasteiger partial charge >= 0.3 is 5.97 Å². The van der Waals surface area contributed by atoms with Crippen LogP contribution in [0.25, 0.3) is 0 Å². The molecule has 0 fully saturated rings. The summed E-state index contributed by atoms with van der Waals surface area (Å²) in [5, 5.41) is 11.3. The van der Waals surface area contributed by atoms with Crippen LogP contribution in [0.1, 0.15) is 22.3 Å². The molecular weight excluding hydrogens is 226 g/mol. The van der Waals surface area contributed by atoms with Crippen molar-refractivity contribution < 1.29 is 18.7 Å². The second-order valence-electron chi connectivity index (χ2n) is 3.16. The van der Waals surface area contributed by atoms with Gasteiger partial charge in [-0.15, -0.1) is 0 Å². The Morgan fingerprint density at radius 3 is 2.67 bits per heavy atom. The maximum Gasteiger partial charge on any atom is 0.347 e. The number of hydrogen-bond acceptors (Lipinski definition) is 4. The van der Waals surface area contributed by atoms with Gasteiger partial charge in [0.25, 0.3) is 5.92 Å². The van der Waals surface area contributed by atoms with Gasteiger partial charge in [-0.2, -0.15) is 0 Å². The van der Waals surface area contributed by atoms with E-state index in [1.165, 1.54) is 6.92 Å². The molecule has 1 rings (SSSR count). The fourth-order valence-corrected chi connectivity index (χ4v) is 1.70. The zero-order valence-corrected chi connectivity index (χ0v) is 8.99. The summed E-state index contributed by atoms with van der Waals surface area (Å²) < 4.78 is 24.9. The number of aryl methyl sites for hydroxylation is 1. The number of carboxylic acids is 1. The summed E-state index contributed by atoms with van der Waals surface area (Å²) in [5.41, 5.74) is 0.328. The van der Waals surface area contributed by atoms with Crippen molar-refractivity contribution >= 4 is 22.4 Å². The summed E-state index contributed by atoms with van der Waals surface area (Å²) >= 11 is 0.853. The van der Waals surface area contributed by atoms with Gasteiger partial charge in [-0.3, -0.25) is 0 Å².